The highest BCUT2D eigenvalue weighted by molar-refractivity contribution is 5.85. The summed E-state index contributed by atoms with van der Waals surface area (Å²) in [6.07, 6.45) is 1.74. The number of nitrogens with one attached hydrogen (secondary N) is 1. The highest BCUT2D eigenvalue weighted by Gasteiger charge is 2.10. The van der Waals surface area contributed by atoms with Gasteiger partial charge in [-0.15, -0.1) is 0 Å². The number of aliphatic carboxylic acids is 1. The van der Waals surface area contributed by atoms with Gasteiger partial charge in [0.05, 0.1) is 0 Å². The van der Waals surface area contributed by atoms with Crippen LogP contribution in [-0.2, 0) is 11.2 Å². The Morgan fingerprint density at radius 3 is 2.74 bits per heavy atom. The predicted molar refractivity (Wildman–Crippen MR) is 77.7 cm³/mol. The minimum Gasteiger partial charge on any atom is -0.481 e. The Morgan fingerprint density at radius 1 is 1.37 bits per heavy atom. The van der Waals surface area contributed by atoms with Gasteiger partial charge in [-0.1, -0.05) is 19.9 Å². The minimum absolute atomic E-state index is 0.232. The third-order valence-electron chi connectivity index (χ3n) is 3.63. The first-order valence-corrected chi connectivity index (χ1v) is 6.82. The number of aromatic amines is 1. The number of carbonyl (C=O) groups is 1. The first kappa shape index (κ1) is 13.7. The van der Waals surface area contributed by atoms with Crippen molar-refractivity contribution in [1.82, 2.24) is 4.98 Å². The van der Waals surface area contributed by atoms with E-state index in [-0.39, 0.29) is 6.42 Å². The van der Waals surface area contributed by atoms with E-state index in [0.717, 1.165) is 17.6 Å². The summed E-state index contributed by atoms with van der Waals surface area (Å²) in [6, 6.07) is 6.52. The van der Waals surface area contributed by atoms with E-state index in [1.165, 1.54) is 16.5 Å². The van der Waals surface area contributed by atoms with Crippen LogP contribution in [-0.4, -0.2) is 16.1 Å². The second-order valence-electron chi connectivity index (χ2n) is 5.44. The first-order valence-electron chi connectivity index (χ1n) is 6.82. The van der Waals surface area contributed by atoms with Crippen molar-refractivity contribution in [3.8, 4) is 0 Å². The average Bonchev–Trinajstić information content (AvgIpc) is 2.64. The van der Waals surface area contributed by atoms with E-state index in [4.69, 9.17) is 5.11 Å². The van der Waals surface area contributed by atoms with Crippen LogP contribution in [0.3, 0.4) is 0 Å². The summed E-state index contributed by atoms with van der Waals surface area (Å²) in [4.78, 5) is 14.0. The Morgan fingerprint density at radius 2 is 2.11 bits per heavy atom. The predicted octanol–water partition coefficient (Wildman–Crippen LogP) is 4.01. The molecule has 0 aliphatic heterocycles. The molecule has 2 aromatic rings. The van der Waals surface area contributed by atoms with Gasteiger partial charge in [-0.3, -0.25) is 4.79 Å². The maximum absolute atomic E-state index is 10.6. The first-order chi connectivity index (χ1) is 8.99. The van der Waals surface area contributed by atoms with Crippen LogP contribution in [0, 0.1) is 6.92 Å². The van der Waals surface area contributed by atoms with Gasteiger partial charge in [0.25, 0.3) is 0 Å². The fraction of sp³-hybridized carbons (Fsp3) is 0.438. The van der Waals surface area contributed by atoms with Crippen molar-refractivity contribution in [2.75, 3.05) is 0 Å². The molecule has 2 rings (SSSR count). The second-order valence-corrected chi connectivity index (χ2v) is 5.44. The van der Waals surface area contributed by atoms with Gasteiger partial charge in [-0.2, -0.15) is 0 Å². The minimum atomic E-state index is -0.722. The Kier molecular flexibility index (Phi) is 3.93. The number of carboxylic acids is 1. The molecule has 1 aromatic heterocycles. The van der Waals surface area contributed by atoms with Gasteiger partial charge in [0.15, 0.2) is 0 Å². The molecular formula is C16H21NO2. The number of hydrogen-bond acceptors (Lipinski definition) is 1. The molecule has 0 radical (unpaired) electrons. The Balaban J connectivity index is 2.32. The van der Waals surface area contributed by atoms with E-state index >= 15 is 0 Å². The smallest absolute Gasteiger partial charge is 0.303 e. The molecule has 102 valence electrons. The monoisotopic (exact) mass is 259 g/mol. The lowest BCUT2D eigenvalue weighted by Crippen LogP contribution is -1.96. The van der Waals surface area contributed by atoms with E-state index in [2.05, 4.69) is 44.0 Å². The number of H-pyrrole nitrogens is 1. The molecule has 0 fully saturated rings. The lowest BCUT2D eigenvalue weighted by atomic mass is 9.98. The van der Waals surface area contributed by atoms with Crippen LogP contribution in [0.1, 0.15) is 49.4 Å². The van der Waals surface area contributed by atoms with Crippen molar-refractivity contribution in [2.45, 2.75) is 46.0 Å². The molecule has 0 atom stereocenters. The van der Waals surface area contributed by atoms with Crippen LogP contribution >= 0.6 is 0 Å². The lowest BCUT2D eigenvalue weighted by Gasteiger charge is -2.06. The van der Waals surface area contributed by atoms with E-state index in [9.17, 15) is 4.79 Å². The summed E-state index contributed by atoms with van der Waals surface area (Å²) in [5.74, 6) is -0.216. The Hall–Kier alpha value is -1.77. The van der Waals surface area contributed by atoms with Gasteiger partial charge in [-0.05, 0) is 48.9 Å². The Bertz CT molecular complexity index is 596. The third-order valence-corrected chi connectivity index (χ3v) is 3.63. The number of aromatic nitrogens is 1. The maximum Gasteiger partial charge on any atom is 0.303 e. The molecule has 0 saturated carbocycles. The van der Waals surface area contributed by atoms with Crippen LogP contribution in [0.15, 0.2) is 18.2 Å². The van der Waals surface area contributed by atoms with Crippen molar-refractivity contribution < 1.29 is 9.90 Å². The number of aryl methyl sites for hydroxylation is 2. The van der Waals surface area contributed by atoms with Crippen LogP contribution in [0.25, 0.3) is 10.9 Å². The number of fused-ring (bicyclic) bond motifs is 1. The summed E-state index contributed by atoms with van der Waals surface area (Å²) in [6.45, 7) is 6.43. The van der Waals surface area contributed by atoms with E-state index in [1.54, 1.807) is 0 Å². The van der Waals surface area contributed by atoms with Gasteiger partial charge < -0.3 is 10.1 Å². The molecule has 0 spiro atoms. The molecular weight excluding hydrogens is 238 g/mol. The fourth-order valence-corrected chi connectivity index (χ4v) is 2.50. The van der Waals surface area contributed by atoms with Crippen molar-refractivity contribution >= 4 is 16.9 Å². The molecule has 1 heterocycles. The van der Waals surface area contributed by atoms with Crippen LogP contribution < -0.4 is 0 Å². The van der Waals surface area contributed by atoms with Gasteiger partial charge in [0, 0.05) is 23.0 Å². The maximum atomic E-state index is 10.6. The fourth-order valence-electron chi connectivity index (χ4n) is 2.50. The molecule has 0 aliphatic carbocycles. The van der Waals surface area contributed by atoms with E-state index in [0.29, 0.717) is 12.3 Å². The van der Waals surface area contributed by atoms with Gasteiger partial charge in [0.1, 0.15) is 0 Å². The summed E-state index contributed by atoms with van der Waals surface area (Å²) in [7, 11) is 0. The van der Waals surface area contributed by atoms with Gasteiger partial charge >= 0.3 is 5.97 Å². The molecule has 0 bridgehead atoms. The normalized spacial score (nSPS) is 11.4. The topological polar surface area (TPSA) is 53.1 Å². The van der Waals surface area contributed by atoms with Gasteiger partial charge in [0.2, 0.25) is 0 Å². The van der Waals surface area contributed by atoms with E-state index < -0.39 is 5.97 Å². The summed E-state index contributed by atoms with van der Waals surface area (Å²) < 4.78 is 0. The Labute approximate surface area is 113 Å². The molecule has 0 unspecified atom stereocenters. The summed E-state index contributed by atoms with van der Waals surface area (Å²) in [5.41, 5.74) is 4.89. The molecule has 0 saturated heterocycles. The average molecular weight is 259 g/mol. The lowest BCUT2D eigenvalue weighted by molar-refractivity contribution is -0.137. The van der Waals surface area contributed by atoms with Gasteiger partial charge in [-0.25, -0.2) is 0 Å². The second kappa shape index (κ2) is 5.47. The number of carboxylic acid groups (broad SMARTS) is 1. The summed E-state index contributed by atoms with van der Waals surface area (Å²) in [5, 5.41) is 9.98. The highest BCUT2D eigenvalue weighted by Crippen LogP contribution is 2.27. The largest absolute Gasteiger partial charge is 0.481 e. The zero-order chi connectivity index (χ0) is 14.0. The van der Waals surface area contributed by atoms with Crippen molar-refractivity contribution in [1.29, 1.82) is 0 Å². The zero-order valence-electron chi connectivity index (χ0n) is 11.8. The quantitative estimate of drug-likeness (QED) is 0.852. The SMILES string of the molecule is Cc1[nH]c2ccc(C(C)C)cc2c1CCCC(=O)O. The number of rotatable bonds is 5. The van der Waals surface area contributed by atoms with Crippen molar-refractivity contribution in [3.05, 3.63) is 35.0 Å². The molecule has 3 nitrogen and oxygen atoms in total. The van der Waals surface area contributed by atoms with E-state index in [1.807, 2.05) is 0 Å². The molecule has 1 aromatic carbocycles. The molecule has 19 heavy (non-hydrogen) atoms. The van der Waals surface area contributed by atoms with Crippen molar-refractivity contribution in [3.63, 3.8) is 0 Å². The summed E-state index contributed by atoms with van der Waals surface area (Å²) >= 11 is 0. The highest BCUT2D eigenvalue weighted by atomic mass is 16.4. The number of hydrogen-bond donors (Lipinski definition) is 2. The standard InChI is InChI=1S/C16H21NO2/c1-10(2)12-7-8-15-14(9-12)13(11(3)17-15)5-4-6-16(18)19/h7-10,17H,4-6H2,1-3H3,(H,18,19). The van der Waals surface area contributed by atoms with Crippen LogP contribution in [0.5, 0.6) is 0 Å². The molecule has 2 N–H and O–H groups in total. The molecule has 0 amide bonds. The van der Waals surface area contributed by atoms with Crippen LogP contribution in [0.2, 0.25) is 0 Å². The molecule has 0 aliphatic rings. The van der Waals surface area contributed by atoms with Crippen LogP contribution in [0.4, 0.5) is 0 Å². The number of benzene rings is 1. The third kappa shape index (κ3) is 2.98. The van der Waals surface area contributed by atoms with Crippen molar-refractivity contribution in [2.24, 2.45) is 0 Å². The molecule has 3 heteroatoms. The zero-order valence-corrected chi connectivity index (χ0v) is 11.8.